The second kappa shape index (κ2) is 11.3. The van der Waals surface area contributed by atoms with E-state index in [4.69, 9.17) is 10.5 Å². The molecule has 0 saturated heterocycles. The summed E-state index contributed by atoms with van der Waals surface area (Å²) in [5.74, 6) is 1.30. The van der Waals surface area contributed by atoms with Crippen LogP contribution in [0.15, 0.2) is 72.8 Å². The monoisotopic (exact) mass is 489 g/mol. The summed E-state index contributed by atoms with van der Waals surface area (Å²) in [4.78, 5) is 28.9. The van der Waals surface area contributed by atoms with Crippen LogP contribution in [0.4, 0.5) is 11.4 Å². The second-order valence-corrected chi connectivity index (χ2v) is 10.0. The van der Waals surface area contributed by atoms with Gasteiger partial charge in [-0.3, -0.25) is 9.59 Å². The molecule has 0 bridgehead atoms. The molecule has 182 valence electrons. The number of fused-ring (bicyclic) bond motifs is 1. The van der Waals surface area contributed by atoms with Gasteiger partial charge in [0.15, 0.2) is 0 Å². The number of ether oxygens (including phenoxy) is 1. The lowest BCUT2D eigenvalue weighted by atomic mass is 10.0. The average Bonchev–Trinajstić information content (AvgIpc) is 2.86. The number of carbonyl (C=O) groups excluding carboxylic acids is 2. The van der Waals surface area contributed by atoms with E-state index in [-0.39, 0.29) is 17.1 Å². The van der Waals surface area contributed by atoms with Gasteiger partial charge in [0.1, 0.15) is 12.4 Å². The maximum absolute atomic E-state index is 13.2. The molecule has 3 aromatic carbocycles. The molecule has 1 unspecified atom stereocenters. The summed E-state index contributed by atoms with van der Waals surface area (Å²) in [6.07, 6.45) is 0.602. The number of hydrogen-bond donors (Lipinski definition) is 1. The number of rotatable bonds is 10. The van der Waals surface area contributed by atoms with Crippen molar-refractivity contribution in [1.29, 1.82) is 0 Å². The van der Waals surface area contributed by atoms with E-state index in [1.165, 1.54) is 0 Å². The fourth-order valence-corrected chi connectivity index (χ4v) is 5.07. The van der Waals surface area contributed by atoms with Crippen LogP contribution >= 0.6 is 11.8 Å². The maximum atomic E-state index is 13.2. The van der Waals surface area contributed by atoms with Crippen LogP contribution in [0.3, 0.4) is 0 Å². The van der Waals surface area contributed by atoms with Gasteiger partial charge in [0.05, 0.1) is 29.7 Å². The van der Waals surface area contributed by atoms with Crippen molar-refractivity contribution in [2.75, 3.05) is 30.5 Å². The highest BCUT2D eigenvalue weighted by molar-refractivity contribution is 8.00. The number of thioether (sulfide) groups is 1. The molecule has 1 aliphatic rings. The molecule has 1 atom stereocenters. The number of amides is 2. The van der Waals surface area contributed by atoms with E-state index in [1.54, 1.807) is 11.8 Å². The van der Waals surface area contributed by atoms with E-state index in [9.17, 15) is 9.59 Å². The number of carbonyl (C=O) groups is 2. The Balaban J connectivity index is 1.40. The molecule has 2 amide bonds. The molecule has 4 rings (SSSR count). The van der Waals surface area contributed by atoms with Gasteiger partial charge in [0.25, 0.3) is 5.91 Å². The summed E-state index contributed by atoms with van der Waals surface area (Å²) in [5, 5.41) is -0.226. The zero-order valence-electron chi connectivity index (χ0n) is 20.1. The zero-order valence-corrected chi connectivity index (χ0v) is 21.0. The summed E-state index contributed by atoms with van der Waals surface area (Å²) in [7, 11) is 0. The molecule has 0 spiro atoms. The molecule has 2 N–H and O–H groups in total. The molecule has 7 heteroatoms. The normalized spacial score (nSPS) is 13.9. The summed E-state index contributed by atoms with van der Waals surface area (Å²) in [6, 6.07) is 23.8. The van der Waals surface area contributed by atoms with Crippen molar-refractivity contribution < 1.29 is 14.3 Å². The lowest BCUT2D eigenvalue weighted by Crippen LogP contribution is -2.46. The lowest BCUT2D eigenvalue weighted by molar-refractivity contribution is -0.117. The summed E-state index contributed by atoms with van der Waals surface area (Å²) >= 11 is 1.56. The van der Waals surface area contributed by atoms with Gasteiger partial charge in [-0.15, -0.1) is 11.8 Å². The number of nitrogens with zero attached hydrogens (tertiary/aromatic N) is 2. The smallest absolute Gasteiger partial charge is 0.257 e. The molecule has 1 aliphatic heterocycles. The first kappa shape index (κ1) is 24.7. The molecule has 1 heterocycles. The number of anilines is 2. The van der Waals surface area contributed by atoms with Gasteiger partial charge in [-0.05, 0) is 61.1 Å². The largest absolute Gasteiger partial charge is 0.492 e. The Morgan fingerprint density at radius 2 is 1.83 bits per heavy atom. The first-order valence-corrected chi connectivity index (χ1v) is 12.9. The van der Waals surface area contributed by atoms with Crippen molar-refractivity contribution in [2.45, 2.75) is 25.5 Å². The average molecular weight is 490 g/mol. The molecular weight excluding hydrogens is 458 g/mol. The molecule has 0 radical (unpaired) electrons. The molecule has 0 aromatic heterocycles. The van der Waals surface area contributed by atoms with Crippen LogP contribution in [0, 0.1) is 6.92 Å². The third-order valence-electron chi connectivity index (χ3n) is 6.00. The maximum Gasteiger partial charge on any atom is 0.257 e. The number of aryl methyl sites for hydroxylation is 1. The predicted molar refractivity (Wildman–Crippen MR) is 142 cm³/mol. The fourth-order valence-electron chi connectivity index (χ4n) is 4.19. The lowest BCUT2D eigenvalue weighted by Gasteiger charge is -2.38. The summed E-state index contributed by atoms with van der Waals surface area (Å²) in [5.41, 5.74) is 10.3. The van der Waals surface area contributed by atoms with Crippen molar-refractivity contribution in [3.8, 4) is 5.75 Å². The summed E-state index contributed by atoms with van der Waals surface area (Å²) < 4.78 is 5.96. The number of primary amides is 1. The Morgan fingerprint density at radius 1 is 1.09 bits per heavy atom. The minimum Gasteiger partial charge on any atom is -0.492 e. The Labute approximate surface area is 211 Å². The number of benzene rings is 3. The second-order valence-electron chi connectivity index (χ2n) is 8.54. The van der Waals surface area contributed by atoms with Gasteiger partial charge < -0.3 is 20.3 Å². The van der Waals surface area contributed by atoms with Crippen LogP contribution in [0.1, 0.15) is 28.4 Å². The highest BCUT2D eigenvalue weighted by atomic mass is 32.2. The van der Waals surface area contributed by atoms with E-state index in [2.05, 4.69) is 17.0 Å². The van der Waals surface area contributed by atoms with Crippen LogP contribution in [-0.4, -0.2) is 47.5 Å². The van der Waals surface area contributed by atoms with Crippen LogP contribution in [0.25, 0.3) is 0 Å². The van der Waals surface area contributed by atoms with Gasteiger partial charge in [0.2, 0.25) is 5.91 Å². The quantitative estimate of drug-likeness (QED) is 0.444. The topological polar surface area (TPSA) is 75.9 Å². The molecular formula is C28H31N3O3S. The standard InChI is InChI=1S/C28H31N3O3S/c1-3-35-26(27(29)32)18-21-10-12-23(13-11-21)34-16-15-30-19-31(22-7-5-4-6-8-22)25-14-9-20(2)17-24(25)28(30)33/h4-14,17,26H,3,15-16,18-19H2,1-2H3,(H2,29,32). The first-order chi connectivity index (χ1) is 17.0. The fraction of sp³-hybridized carbons (Fsp3) is 0.286. The van der Waals surface area contributed by atoms with Gasteiger partial charge in [-0.1, -0.05) is 48.9 Å². The van der Waals surface area contributed by atoms with Gasteiger partial charge >= 0.3 is 0 Å². The molecule has 0 aliphatic carbocycles. The number of nitrogens with two attached hydrogens (primary N) is 1. The molecule has 3 aromatic rings. The molecule has 0 fully saturated rings. The van der Waals surface area contributed by atoms with Gasteiger partial charge in [0, 0.05) is 5.69 Å². The van der Waals surface area contributed by atoms with Crippen LogP contribution in [0.5, 0.6) is 5.75 Å². The van der Waals surface area contributed by atoms with E-state index in [1.807, 2.05) is 79.4 Å². The molecule has 0 saturated carbocycles. The number of para-hydroxylation sites is 1. The molecule has 35 heavy (non-hydrogen) atoms. The van der Waals surface area contributed by atoms with E-state index in [0.717, 1.165) is 34.0 Å². The third kappa shape index (κ3) is 5.98. The highest BCUT2D eigenvalue weighted by Crippen LogP contribution is 2.34. The van der Waals surface area contributed by atoms with Crippen molar-refractivity contribution >= 4 is 35.0 Å². The van der Waals surface area contributed by atoms with Crippen LogP contribution in [0.2, 0.25) is 0 Å². The van der Waals surface area contributed by atoms with Gasteiger partial charge in [-0.2, -0.15) is 0 Å². The van der Waals surface area contributed by atoms with E-state index in [0.29, 0.717) is 31.8 Å². The van der Waals surface area contributed by atoms with Crippen molar-refractivity contribution in [2.24, 2.45) is 5.73 Å². The summed E-state index contributed by atoms with van der Waals surface area (Å²) in [6.45, 7) is 5.33. The highest BCUT2D eigenvalue weighted by Gasteiger charge is 2.30. The van der Waals surface area contributed by atoms with Crippen molar-refractivity contribution in [3.63, 3.8) is 0 Å². The van der Waals surface area contributed by atoms with Crippen LogP contribution < -0.4 is 15.4 Å². The number of hydrogen-bond acceptors (Lipinski definition) is 5. The minimum atomic E-state index is -0.287. The Hall–Kier alpha value is -3.45. The SMILES string of the molecule is CCSC(Cc1ccc(OCCN2CN(c3ccccc3)c3ccc(C)cc3C2=O)cc1)C(N)=O. The third-order valence-corrected chi connectivity index (χ3v) is 7.13. The minimum absolute atomic E-state index is 0.0146. The van der Waals surface area contributed by atoms with Crippen molar-refractivity contribution in [3.05, 3.63) is 89.5 Å². The Kier molecular flexibility index (Phi) is 7.98. The van der Waals surface area contributed by atoms with E-state index < -0.39 is 0 Å². The van der Waals surface area contributed by atoms with Gasteiger partial charge in [-0.25, -0.2) is 0 Å². The van der Waals surface area contributed by atoms with E-state index >= 15 is 0 Å². The molecule has 6 nitrogen and oxygen atoms in total. The first-order valence-electron chi connectivity index (χ1n) is 11.8. The van der Waals surface area contributed by atoms with Crippen molar-refractivity contribution in [1.82, 2.24) is 4.90 Å². The zero-order chi connectivity index (χ0) is 24.8. The van der Waals surface area contributed by atoms with Crippen LogP contribution in [-0.2, 0) is 11.2 Å². The Bertz CT molecular complexity index is 1170. The Morgan fingerprint density at radius 3 is 2.51 bits per heavy atom. The predicted octanol–water partition coefficient (Wildman–Crippen LogP) is 4.77.